The fraction of sp³-hybridized carbons (Fsp3) is 0.947. The van der Waals surface area contributed by atoms with Gasteiger partial charge in [-0.05, 0) is 12.8 Å². The van der Waals surface area contributed by atoms with Crippen LogP contribution in [0, 0.1) is 0 Å². The number of aliphatic hydroxyl groups is 1. The van der Waals surface area contributed by atoms with E-state index in [1.54, 1.807) is 5.48 Å². The maximum atomic E-state index is 10.8. The Morgan fingerprint density at radius 1 is 0.565 bits per heavy atom. The van der Waals surface area contributed by atoms with Crippen molar-refractivity contribution in [2.45, 2.75) is 109 Å². The van der Waals surface area contributed by atoms with Crippen molar-refractivity contribution in [1.82, 2.24) is 5.48 Å². The highest BCUT2D eigenvalue weighted by atomic mass is 16.5. The third kappa shape index (κ3) is 19.3. The molecule has 1 amide bonds. The second-order valence-corrected chi connectivity index (χ2v) is 6.67. The van der Waals surface area contributed by atoms with Crippen LogP contribution >= 0.6 is 0 Å². The van der Waals surface area contributed by atoms with E-state index in [9.17, 15) is 4.79 Å². The SMILES string of the molecule is O=C(CCCCCCCCCCCCCCCCCCO)NO. The lowest BCUT2D eigenvalue weighted by atomic mass is 10.0. The molecular formula is C19H39NO3. The summed E-state index contributed by atoms with van der Waals surface area (Å²) in [5.41, 5.74) is 1.67. The van der Waals surface area contributed by atoms with Crippen LogP contribution in [0.3, 0.4) is 0 Å². The second-order valence-electron chi connectivity index (χ2n) is 6.67. The Balaban J connectivity index is 2.99. The zero-order valence-corrected chi connectivity index (χ0v) is 15.0. The van der Waals surface area contributed by atoms with E-state index in [2.05, 4.69) is 0 Å². The summed E-state index contributed by atoms with van der Waals surface area (Å²) in [4.78, 5) is 10.8. The molecule has 0 aromatic carbocycles. The third-order valence-electron chi connectivity index (χ3n) is 4.44. The summed E-state index contributed by atoms with van der Waals surface area (Å²) < 4.78 is 0. The van der Waals surface area contributed by atoms with Crippen LogP contribution in [0.2, 0.25) is 0 Å². The van der Waals surface area contributed by atoms with Gasteiger partial charge in [0.15, 0.2) is 0 Å². The Kier molecular flexibility index (Phi) is 18.9. The Labute approximate surface area is 143 Å². The number of carbonyl (C=O) groups is 1. The van der Waals surface area contributed by atoms with Crippen LogP contribution < -0.4 is 5.48 Å². The molecule has 0 heterocycles. The molecule has 0 aliphatic rings. The quantitative estimate of drug-likeness (QED) is 0.186. The minimum Gasteiger partial charge on any atom is -0.396 e. The highest BCUT2D eigenvalue weighted by Gasteiger charge is 1.98. The molecule has 138 valence electrons. The third-order valence-corrected chi connectivity index (χ3v) is 4.44. The molecule has 0 bridgehead atoms. The van der Waals surface area contributed by atoms with Gasteiger partial charge in [-0.1, -0.05) is 89.9 Å². The van der Waals surface area contributed by atoms with Gasteiger partial charge in [0, 0.05) is 13.0 Å². The summed E-state index contributed by atoms with van der Waals surface area (Å²) in [6.07, 6.45) is 20.6. The average molecular weight is 330 g/mol. The van der Waals surface area contributed by atoms with Crippen molar-refractivity contribution in [3.63, 3.8) is 0 Å². The first-order valence-corrected chi connectivity index (χ1v) is 9.85. The second kappa shape index (κ2) is 19.4. The lowest BCUT2D eigenvalue weighted by Gasteiger charge is -2.03. The maximum absolute atomic E-state index is 10.8. The lowest BCUT2D eigenvalue weighted by molar-refractivity contribution is -0.129. The first-order chi connectivity index (χ1) is 11.3. The van der Waals surface area contributed by atoms with Crippen LogP contribution in [0.25, 0.3) is 0 Å². The van der Waals surface area contributed by atoms with Gasteiger partial charge in [0.25, 0.3) is 0 Å². The molecule has 0 atom stereocenters. The number of unbranched alkanes of at least 4 members (excludes halogenated alkanes) is 15. The predicted molar refractivity (Wildman–Crippen MR) is 95.5 cm³/mol. The van der Waals surface area contributed by atoms with Crippen LogP contribution in [-0.4, -0.2) is 22.8 Å². The first kappa shape index (κ1) is 22.4. The zero-order chi connectivity index (χ0) is 17.0. The molecule has 0 aromatic heterocycles. The summed E-state index contributed by atoms with van der Waals surface area (Å²) in [6, 6.07) is 0. The number of rotatable bonds is 18. The van der Waals surface area contributed by atoms with Gasteiger partial charge in [-0.3, -0.25) is 10.0 Å². The van der Waals surface area contributed by atoms with Gasteiger partial charge in [-0.15, -0.1) is 0 Å². The molecule has 4 nitrogen and oxygen atoms in total. The molecule has 0 rings (SSSR count). The van der Waals surface area contributed by atoms with E-state index < -0.39 is 0 Å². The van der Waals surface area contributed by atoms with E-state index in [0.29, 0.717) is 13.0 Å². The minimum absolute atomic E-state index is 0.268. The Morgan fingerprint density at radius 2 is 0.870 bits per heavy atom. The van der Waals surface area contributed by atoms with E-state index in [-0.39, 0.29) is 5.91 Å². The molecule has 3 N–H and O–H groups in total. The van der Waals surface area contributed by atoms with Crippen LogP contribution in [0.4, 0.5) is 0 Å². The molecule has 23 heavy (non-hydrogen) atoms. The number of hydrogen-bond donors (Lipinski definition) is 3. The van der Waals surface area contributed by atoms with Crippen LogP contribution in [0.5, 0.6) is 0 Å². The Hall–Kier alpha value is -0.610. The van der Waals surface area contributed by atoms with Gasteiger partial charge in [0.2, 0.25) is 5.91 Å². The number of carbonyl (C=O) groups excluding carboxylic acids is 1. The Morgan fingerprint density at radius 3 is 1.17 bits per heavy atom. The van der Waals surface area contributed by atoms with Crippen LogP contribution in [0.15, 0.2) is 0 Å². The molecule has 0 spiro atoms. The van der Waals surface area contributed by atoms with Crippen molar-refractivity contribution in [3.8, 4) is 0 Å². The number of aliphatic hydroxyl groups excluding tert-OH is 1. The average Bonchev–Trinajstić information content (AvgIpc) is 2.57. The number of hydroxylamine groups is 1. The highest BCUT2D eigenvalue weighted by molar-refractivity contribution is 5.74. The first-order valence-electron chi connectivity index (χ1n) is 9.85. The molecule has 0 aliphatic carbocycles. The molecule has 4 heteroatoms. The van der Waals surface area contributed by atoms with E-state index in [0.717, 1.165) is 19.3 Å². The molecule has 0 aromatic rings. The fourth-order valence-corrected chi connectivity index (χ4v) is 2.93. The summed E-state index contributed by atoms with van der Waals surface area (Å²) in [6.45, 7) is 0.348. The molecule has 0 radical (unpaired) electrons. The number of nitrogens with one attached hydrogen (secondary N) is 1. The summed E-state index contributed by atoms with van der Waals surface area (Å²) in [7, 11) is 0. The van der Waals surface area contributed by atoms with Crippen molar-refractivity contribution in [3.05, 3.63) is 0 Å². The smallest absolute Gasteiger partial charge is 0.243 e. The van der Waals surface area contributed by atoms with Crippen LogP contribution in [0.1, 0.15) is 109 Å². The van der Waals surface area contributed by atoms with Crippen molar-refractivity contribution in [2.75, 3.05) is 6.61 Å². The summed E-state index contributed by atoms with van der Waals surface area (Å²) >= 11 is 0. The highest BCUT2D eigenvalue weighted by Crippen LogP contribution is 2.13. The topological polar surface area (TPSA) is 69.6 Å². The van der Waals surface area contributed by atoms with Crippen molar-refractivity contribution in [1.29, 1.82) is 0 Å². The largest absolute Gasteiger partial charge is 0.396 e. The summed E-state index contributed by atoms with van der Waals surface area (Å²) in [5, 5.41) is 17.0. The molecular weight excluding hydrogens is 290 g/mol. The van der Waals surface area contributed by atoms with E-state index in [4.69, 9.17) is 10.3 Å². The van der Waals surface area contributed by atoms with Gasteiger partial charge in [-0.25, -0.2) is 5.48 Å². The number of amides is 1. The van der Waals surface area contributed by atoms with Crippen molar-refractivity contribution < 1.29 is 15.1 Å². The summed E-state index contributed by atoms with van der Waals surface area (Å²) in [5.74, 6) is -0.268. The predicted octanol–water partition coefficient (Wildman–Crippen LogP) is 5.12. The number of hydrogen-bond acceptors (Lipinski definition) is 3. The van der Waals surface area contributed by atoms with E-state index >= 15 is 0 Å². The fourth-order valence-electron chi connectivity index (χ4n) is 2.93. The van der Waals surface area contributed by atoms with Gasteiger partial charge in [0.1, 0.15) is 0 Å². The minimum atomic E-state index is -0.268. The molecule has 0 saturated carbocycles. The molecule has 0 unspecified atom stereocenters. The molecule has 0 saturated heterocycles. The maximum Gasteiger partial charge on any atom is 0.243 e. The van der Waals surface area contributed by atoms with Gasteiger partial charge < -0.3 is 5.11 Å². The zero-order valence-electron chi connectivity index (χ0n) is 15.0. The Bertz CT molecular complexity index is 247. The van der Waals surface area contributed by atoms with Gasteiger partial charge >= 0.3 is 0 Å². The van der Waals surface area contributed by atoms with Crippen molar-refractivity contribution in [2.24, 2.45) is 0 Å². The van der Waals surface area contributed by atoms with Gasteiger partial charge in [0.05, 0.1) is 0 Å². The molecule has 0 fully saturated rings. The molecule has 0 aliphatic heterocycles. The van der Waals surface area contributed by atoms with E-state index in [1.807, 2.05) is 0 Å². The van der Waals surface area contributed by atoms with E-state index in [1.165, 1.54) is 83.5 Å². The standard InChI is InChI=1S/C19H39NO3/c21-18-16-14-12-10-8-6-4-2-1-3-5-7-9-11-13-15-17-19(22)20-23/h21,23H,1-18H2,(H,20,22). The van der Waals surface area contributed by atoms with Gasteiger partial charge in [-0.2, -0.15) is 0 Å². The lowest BCUT2D eigenvalue weighted by Crippen LogP contribution is -2.17. The monoisotopic (exact) mass is 329 g/mol. The van der Waals surface area contributed by atoms with Crippen molar-refractivity contribution >= 4 is 5.91 Å². The normalized spacial score (nSPS) is 10.9. The van der Waals surface area contributed by atoms with Crippen LogP contribution in [-0.2, 0) is 4.79 Å².